The average Bonchev–Trinajstić information content (AvgIpc) is 2.93. The van der Waals surface area contributed by atoms with E-state index in [1.165, 1.54) is 6.20 Å². The summed E-state index contributed by atoms with van der Waals surface area (Å²) in [6.45, 7) is 0.297. The van der Waals surface area contributed by atoms with E-state index in [1.54, 1.807) is 10.9 Å². The van der Waals surface area contributed by atoms with E-state index in [-0.39, 0.29) is 17.9 Å². The zero-order valence-electron chi connectivity index (χ0n) is 11.5. The molecule has 106 valence electrons. The number of nitriles is 1. The Balaban J connectivity index is 1.59. The standard InChI is InChI=1S/C16H15N3O2/c17-8-13-9-18-19(10-13)15-7-6-14(15)16(20)21-11-12-4-2-1-3-5-12/h1-5,9-10,14-15H,6-7,11H2. The van der Waals surface area contributed by atoms with Crippen LogP contribution >= 0.6 is 0 Å². The van der Waals surface area contributed by atoms with Gasteiger partial charge in [-0.15, -0.1) is 0 Å². The second kappa shape index (κ2) is 5.80. The van der Waals surface area contributed by atoms with Gasteiger partial charge in [-0.2, -0.15) is 10.4 Å². The highest BCUT2D eigenvalue weighted by Crippen LogP contribution is 2.39. The molecule has 3 rings (SSSR count). The van der Waals surface area contributed by atoms with Crippen LogP contribution in [0.2, 0.25) is 0 Å². The van der Waals surface area contributed by atoms with Crippen LogP contribution in [0.3, 0.4) is 0 Å². The molecule has 0 aliphatic heterocycles. The van der Waals surface area contributed by atoms with Crippen LogP contribution < -0.4 is 0 Å². The molecule has 0 spiro atoms. The summed E-state index contributed by atoms with van der Waals surface area (Å²) in [6, 6.07) is 11.7. The molecule has 2 unspecified atom stereocenters. The lowest BCUT2D eigenvalue weighted by Crippen LogP contribution is -2.36. The summed E-state index contributed by atoms with van der Waals surface area (Å²) in [5.74, 6) is -0.357. The maximum absolute atomic E-state index is 12.1. The number of benzene rings is 1. The fourth-order valence-electron chi connectivity index (χ4n) is 2.49. The first kappa shape index (κ1) is 13.4. The van der Waals surface area contributed by atoms with E-state index < -0.39 is 0 Å². The zero-order valence-corrected chi connectivity index (χ0v) is 11.5. The molecular formula is C16H15N3O2. The third-order valence-corrected chi connectivity index (χ3v) is 3.83. The van der Waals surface area contributed by atoms with Crippen LogP contribution in [0, 0.1) is 17.2 Å². The number of carbonyl (C=O) groups is 1. The highest BCUT2D eigenvalue weighted by molar-refractivity contribution is 5.74. The van der Waals surface area contributed by atoms with Crippen molar-refractivity contribution in [2.75, 3.05) is 0 Å². The number of rotatable bonds is 4. The second-order valence-electron chi connectivity index (χ2n) is 5.17. The molecule has 2 aromatic rings. The quantitative estimate of drug-likeness (QED) is 0.807. The van der Waals surface area contributed by atoms with Crippen LogP contribution in [0.5, 0.6) is 0 Å². The summed E-state index contributed by atoms with van der Waals surface area (Å²) < 4.78 is 7.08. The van der Waals surface area contributed by atoms with E-state index in [1.807, 2.05) is 36.4 Å². The van der Waals surface area contributed by atoms with Gasteiger partial charge in [-0.1, -0.05) is 30.3 Å². The predicted octanol–water partition coefficient (Wildman–Crippen LogP) is 2.45. The van der Waals surface area contributed by atoms with Gasteiger partial charge in [0.25, 0.3) is 0 Å². The molecule has 1 heterocycles. The van der Waals surface area contributed by atoms with Crippen molar-refractivity contribution in [2.45, 2.75) is 25.5 Å². The van der Waals surface area contributed by atoms with Gasteiger partial charge in [0.15, 0.2) is 0 Å². The van der Waals surface area contributed by atoms with Crippen LogP contribution in [0.1, 0.15) is 30.0 Å². The average molecular weight is 281 g/mol. The van der Waals surface area contributed by atoms with Crippen molar-refractivity contribution in [1.82, 2.24) is 9.78 Å². The zero-order chi connectivity index (χ0) is 14.7. The third-order valence-electron chi connectivity index (χ3n) is 3.83. The van der Waals surface area contributed by atoms with Crippen molar-refractivity contribution in [2.24, 2.45) is 5.92 Å². The van der Waals surface area contributed by atoms with Gasteiger partial charge in [0.1, 0.15) is 12.7 Å². The fraction of sp³-hybridized carbons (Fsp3) is 0.312. The molecule has 5 nitrogen and oxygen atoms in total. The molecular weight excluding hydrogens is 266 g/mol. The van der Waals surface area contributed by atoms with E-state index in [0.717, 1.165) is 18.4 Å². The topological polar surface area (TPSA) is 67.9 Å². The first-order valence-electron chi connectivity index (χ1n) is 6.93. The molecule has 0 bridgehead atoms. The largest absolute Gasteiger partial charge is 0.461 e. The Kier molecular flexibility index (Phi) is 3.69. The molecule has 0 saturated heterocycles. The van der Waals surface area contributed by atoms with E-state index >= 15 is 0 Å². The van der Waals surface area contributed by atoms with E-state index in [9.17, 15) is 4.79 Å². The van der Waals surface area contributed by atoms with Gasteiger partial charge in [0.05, 0.1) is 23.7 Å². The van der Waals surface area contributed by atoms with Gasteiger partial charge in [0.2, 0.25) is 0 Å². The van der Waals surface area contributed by atoms with Crippen molar-refractivity contribution >= 4 is 5.97 Å². The highest BCUT2D eigenvalue weighted by Gasteiger charge is 2.39. The molecule has 0 N–H and O–H groups in total. The molecule has 1 fully saturated rings. The smallest absolute Gasteiger partial charge is 0.311 e. The third kappa shape index (κ3) is 2.79. The van der Waals surface area contributed by atoms with Crippen molar-refractivity contribution in [3.8, 4) is 6.07 Å². The predicted molar refractivity (Wildman–Crippen MR) is 74.9 cm³/mol. The molecule has 1 aromatic heterocycles. The summed E-state index contributed by atoms with van der Waals surface area (Å²) in [5.41, 5.74) is 1.49. The number of hydrogen-bond donors (Lipinski definition) is 0. The molecule has 0 radical (unpaired) electrons. The number of esters is 1. The lowest BCUT2D eigenvalue weighted by Gasteiger charge is -2.34. The molecule has 0 amide bonds. The normalized spacial score (nSPS) is 20.3. The number of ether oxygens (including phenoxy) is 1. The van der Waals surface area contributed by atoms with Crippen LogP contribution in [0.4, 0.5) is 0 Å². The molecule has 1 aliphatic rings. The summed E-state index contributed by atoms with van der Waals surface area (Å²) in [4.78, 5) is 12.1. The molecule has 1 saturated carbocycles. The van der Waals surface area contributed by atoms with Crippen molar-refractivity contribution < 1.29 is 9.53 Å². The first-order chi connectivity index (χ1) is 10.3. The second-order valence-corrected chi connectivity index (χ2v) is 5.17. The molecule has 21 heavy (non-hydrogen) atoms. The molecule has 2 atom stereocenters. The Morgan fingerprint density at radius 1 is 1.38 bits per heavy atom. The van der Waals surface area contributed by atoms with Crippen molar-refractivity contribution in [1.29, 1.82) is 5.26 Å². The minimum absolute atomic E-state index is 0.00960. The maximum Gasteiger partial charge on any atom is 0.311 e. The van der Waals surface area contributed by atoms with E-state index in [4.69, 9.17) is 10.00 Å². The SMILES string of the molecule is N#Cc1cnn(C2CCC2C(=O)OCc2ccccc2)c1. The fourth-order valence-corrected chi connectivity index (χ4v) is 2.49. The monoisotopic (exact) mass is 281 g/mol. The van der Waals surface area contributed by atoms with Gasteiger partial charge < -0.3 is 4.74 Å². The first-order valence-corrected chi connectivity index (χ1v) is 6.93. The van der Waals surface area contributed by atoms with Crippen LogP contribution in [0.25, 0.3) is 0 Å². The highest BCUT2D eigenvalue weighted by atomic mass is 16.5. The lowest BCUT2D eigenvalue weighted by atomic mass is 9.79. The summed E-state index contributed by atoms with van der Waals surface area (Å²) in [6.07, 6.45) is 4.89. The van der Waals surface area contributed by atoms with Crippen molar-refractivity contribution in [3.05, 3.63) is 53.9 Å². The summed E-state index contributed by atoms with van der Waals surface area (Å²) in [5, 5.41) is 13.0. The Bertz CT molecular complexity index is 672. The van der Waals surface area contributed by atoms with Crippen LogP contribution in [0.15, 0.2) is 42.7 Å². The molecule has 5 heteroatoms. The summed E-state index contributed by atoms with van der Waals surface area (Å²) >= 11 is 0. The number of aromatic nitrogens is 2. The Labute approximate surface area is 122 Å². The van der Waals surface area contributed by atoms with E-state index in [2.05, 4.69) is 5.10 Å². The minimum Gasteiger partial charge on any atom is -0.461 e. The lowest BCUT2D eigenvalue weighted by molar-refractivity contribution is -0.155. The Morgan fingerprint density at radius 3 is 2.81 bits per heavy atom. The van der Waals surface area contributed by atoms with Gasteiger partial charge in [-0.25, -0.2) is 0 Å². The van der Waals surface area contributed by atoms with E-state index in [0.29, 0.717) is 12.2 Å². The number of nitrogens with zero attached hydrogens (tertiary/aromatic N) is 3. The van der Waals surface area contributed by atoms with Gasteiger partial charge in [-0.3, -0.25) is 9.48 Å². The Morgan fingerprint density at radius 2 is 2.19 bits per heavy atom. The maximum atomic E-state index is 12.1. The van der Waals surface area contributed by atoms with Crippen molar-refractivity contribution in [3.63, 3.8) is 0 Å². The molecule has 1 aromatic carbocycles. The Hall–Kier alpha value is -2.61. The van der Waals surface area contributed by atoms with Gasteiger partial charge in [0, 0.05) is 6.20 Å². The van der Waals surface area contributed by atoms with Crippen LogP contribution in [-0.2, 0) is 16.1 Å². The molecule has 1 aliphatic carbocycles. The van der Waals surface area contributed by atoms with Crippen LogP contribution in [-0.4, -0.2) is 15.7 Å². The minimum atomic E-state index is -0.191. The van der Waals surface area contributed by atoms with Gasteiger partial charge in [-0.05, 0) is 18.4 Å². The number of hydrogen-bond acceptors (Lipinski definition) is 4. The number of carbonyl (C=O) groups excluding carboxylic acids is 1. The van der Waals surface area contributed by atoms with Gasteiger partial charge >= 0.3 is 5.97 Å². The summed E-state index contributed by atoms with van der Waals surface area (Å²) in [7, 11) is 0.